The Morgan fingerprint density at radius 2 is 1.47 bits per heavy atom. The summed E-state index contributed by atoms with van der Waals surface area (Å²) in [6.07, 6.45) is 1.96. The Hall–Kier alpha value is -5.36. The number of para-hydroxylation sites is 2. The zero-order valence-electron chi connectivity index (χ0n) is 33.4. The summed E-state index contributed by atoms with van der Waals surface area (Å²) in [7, 11) is 2.01. The minimum atomic E-state index is -0.643. The van der Waals surface area contributed by atoms with Crippen molar-refractivity contribution in [3.63, 3.8) is 0 Å². The van der Waals surface area contributed by atoms with Crippen molar-refractivity contribution in [3.05, 3.63) is 155 Å². The number of benzene rings is 5. The molecule has 0 aromatic heterocycles. The van der Waals surface area contributed by atoms with Crippen LogP contribution in [0.1, 0.15) is 91.8 Å². The first-order valence-electron chi connectivity index (χ1n) is 20.2. The molecule has 6 rings (SSSR count). The number of likely N-dealkylation sites (N-methyl/N-ethyl adjacent to an activating group) is 1. The number of nitrogens with one attached hydrogen (secondary N) is 2. The number of nitrogens with zero attached hydrogens (tertiary/aromatic N) is 1. The zero-order chi connectivity index (χ0) is 40.9. The van der Waals surface area contributed by atoms with Crippen molar-refractivity contribution in [3.8, 4) is 11.1 Å². The van der Waals surface area contributed by atoms with E-state index in [1.165, 1.54) is 0 Å². The van der Waals surface area contributed by atoms with Crippen LogP contribution < -0.4 is 16.4 Å². The average molecular weight is 785 g/mol. The second kappa shape index (κ2) is 20.9. The van der Waals surface area contributed by atoms with Crippen LogP contribution in [0.5, 0.6) is 0 Å². The second-order valence-corrected chi connectivity index (χ2v) is 15.2. The Kier molecular flexibility index (Phi) is 15.2. The number of ether oxygens (including phenoxy) is 2. The van der Waals surface area contributed by atoms with E-state index >= 15 is 0 Å². The van der Waals surface area contributed by atoms with Crippen LogP contribution in [0.2, 0.25) is 0 Å². The number of unbranched alkanes of at least 4 members (excludes halogenated alkanes) is 2. The largest absolute Gasteiger partial charge is 0.397 e. The van der Waals surface area contributed by atoms with Gasteiger partial charge in [-0.1, -0.05) is 116 Å². The first-order valence-corrected chi connectivity index (χ1v) is 20.2. The number of rotatable bonds is 18. The number of aliphatic hydroxyl groups excluding tert-OH is 2. The molecule has 5 aromatic rings. The molecule has 1 aliphatic rings. The number of carbonyl (C=O) groups excluding carboxylic acids is 2. The molecule has 5 atom stereocenters. The van der Waals surface area contributed by atoms with Gasteiger partial charge in [0, 0.05) is 44.0 Å². The van der Waals surface area contributed by atoms with Crippen LogP contribution in [0.4, 0.5) is 11.4 Å². The number of carbonyl (C=O) groups is 2. The van der Waals surface area contributed by atoms with Gasteiger partial charge in [0.05, 0.1) is 36.3 Å². The summed E-state index contributed by atoms with van der Waals surface area (Å²) in [6, 6.07) is 41.0. The molecule has 1 aliphatic heterocycles. The van der Waals surface area contributed by atoms with E-state index in [0.29, 0.717) is 56.6 Å². The van der Waals surface area contributed by atoms with Crippen molar-refractivity contribution in [1.29, 1.82) is 0 Å². The van der Waals surface area contributed by atoms with Gasteiger partial charge in [0.25, 0.3) is 0 Å². The summed E-state index contributed by atoms with van der Waals surface area (Å²) in [4.78, 5) is 27.0. The number of hydrogen-bond acceptors (Lipinski definition) is 8. The molecule has 10 heteroatoms. The second-order valence-electron chi connectivity index (χ2n) is 15.2. The van der Waals surface area contributed by atoms with Gasteiger partial charge in [-0.3, -0.25) is 14.5 Å². The van der Waals surface area contributed by atoms with E-state index < -0.39 is 12.4 Å². The smallest absolute Gasteiger partial charge is 0.224 e. The van der Waals surface area contributed by atoms with Gasteiger partial charge in [0.2, 0.25) is 11.8 Å². The number of amides is 2. The number of anilines is 2. The van der Waals surface area contributed by atoms with Gasteiger partial charge in [-0.05, 0) is 78.4 Å². The van der Waals surface area contributed by atoms with Crippen LogP contribution in [-0.4, -0.2) is 52.7 Å². The minimum absolute atomic E-state index is 0.0160. The van der Waals surface area contributed by atoms with Gasteiger partial charge < -0.3 is 36.1 Å². The molecule has 1 saturated heterocycles. The van der Waals surface area contributed by atoms with Crippen molar-refractivity contribution in [1.82, 2.24) is 10.2 Å². The predicted molar refractivity (Wildman–Crippen MR) is 228 cm³/mol. The molecule has 0 aliphatic carbocycles. The molecule has 0 bridgehead atoms. The standard InChI is InChI=1S/C48H56N4O6/c1-33(47(56)38-13-5-3-6-14-38)52(2)31-41-29-44(37-22-20-34(32-53)21-23-37)58-48(57-41)39-26-24-36(25-27-39)40-15-11-12-35(28-40)30-50-45(54)18-7-4-8-19-46(55)51-43-17-10-9-16-42(43)49/h3,5-6,9-17,20-28,33,41,44,47-48,53,56H,4,7-8,18-19,29-32,49H2,1-2H3,(H,50,54)(H,51,55). The van der Waals surface area contributed by atoms with Gasteiger partial charge >= 0.3 is 0 Å². The van der Waals surface area contributed by atoms with Crippen LogP contribution in [0.25, 0.3) is 11.1 Å². The van der Waals surface area contributed by atoms with Crippen LogP contribution in [-0.2, 0) is 32.2 Å². The molecule has 2 amide bonds. The Balaban J connectivity index is 1.02. The monoisotopic (exact) mass is 784 g/mol. The maximum Gasteiger partial charge on any atom is 0.224 e. The van der Waals surface area contributed by atoms with Crippen LogP contribution >= 0.6 is 0 Å². The number of aliphatic hydroxyl groups is 2. The molecule has 5 unspecified atom stereocenters. The molecule has 0 radical (unpaired) electrons. The van der Waals surface area contributed by atoms with E-state index in [9.17, 15) is 19.8 Å². The van der Waals surface area contributed by atoms with Crippen molar-refractivity contribution in [2.24, 2.45) is 0 Å². The molecule has 1 fully saturated rings. The van der Waals surface area contributed by atoms with Crippen LogP contribution in [0.3, 0.4) is 0 Å². The minimum Gasteiger partial charge on any atom is -0.397 e. The summed E-state index contributed by atoms with van der Waals surface area (Å²) in [5, 5.41) is 26.6. The quantitative estimate of drug-likeness (QED) is 0.0442. The zero-order valence-corrected chi connectivity index (χ0v) is 33.4. The number of hydrogen-bond donors (Lipinski definition) is 5. The van der Waals surface area contributed by atoms with E-state index in [1.807, 2.05) is 105 Å². The normalized spacial score (nSPS) is 17.7. The highest BCUT2D eigenvalue weighted by Crippen LogP contribution is 2.39. The Morgan fingerprint density at radius 3 is 2.19 bits per heavy atom. The molecular formula is C48H56N4O6. The first kappa shape index (κ1) is 42.3. The summed E-state index contributed by atoms with van der Waals surface area (Å²) >= 11 is 0. The van der Waals surface area contributed by atoms with Gasteiger partial charge in [-0.2, -0.15) is 0 Å². The van der Waals surface area contributed by atoms with E-state index in [4.69, 9.17) is 15.2 Å². The number of nitrogens with two attached hydrogens (primary N) is 1. The Labute approximate surface area is 342 Å². The highest BCUT2D eigenvalue weighted by Gasteiger charge is 2.34. The maximum atomic E-state index is 12.6. The fraction of sp³-hybridized carbons (Fsp3) is 0.333. The average Bonchev–Trinajstić information content (AvgIpc) is 3.26. The maximum absolute atomic E-state index is 12.6. The lowest BCUT2D eigenvalue weighted by Crippen LogP contribution is -2.43. The van der Waals surface area contributed by atoms with Crippen molar-refractivity contribution >= 4 is 23.2 Å². The molecule has 0 spiro atoms. The van der Waals surface area contributed by atoms with E-state index in [0.717, 1.165) is 45.4 Å². The SMILES string of the molecule is CC(C(O)c1ccccc1)N(C)CC1CC(c2ccc(CO)cc2)OC(c2ccc(-c3cccc(CNC(=O)CCCCCC(=O)Nc4ccccc4N)c3)cc2)O1. The number of nitrogen functional groups attached to an aromatic ring is 1. The molecule has 10 nitrogen and oxygen atoms in total. The van der Waals surface area contributed by atoms with Gasteiger partial charge in [0.15, 0.2) is 6.29 Å². The first-order chi connectivity index (χ1) is 28.2. The fourth-order valence-corrected chi connectivity index (χ4v) is 7.24. The van der Waals surface area contributed by atoms with Crippen molar-refractivity contribution in [2.45, 2.75) is 89.2 Å². The molecule has 1 heterocycles. The lowest BCUT2D eigenvalue weighted by Gasteiger charge is -2.39. The Morgan fingerprint density at radius 1 is 0.776 bits per heavy atom. The Bertz CT molecular complexity index is 2060. The topological polar surface area (TPSA) is 146 Å². The summed E-state index contributed by atoms with van der Waals surface area (Å²) in [5.74, 6) is -0.0975. The van der Waals surface area contributed by atoms with E-state index in [1.54, 1.807) is 12.1 Å². The lowest BCUT2D eigenvalue weighted by molar-refractivity contribution is -0.253. The third-order valence-corrected chi connectivity index (χ3v) is 10.9. The van der Waals surface area contributed by atoms with E-state index in [-0.39, 0.29) is 36.7 Å². The van der Waals surface area contributed by atoms with Gasteiger partial charge in [0.1, 0.15) is 0 Å². The van der Waals surface area contributed by atoms with Crippen molar-refractivity contribution < 1.29 is 29.3 Å². The molecule has 304 valence electrons. The van der Waals surface area contributed by atoms with E-state index in [2.05, 4.69) is 39.8 Å². The highest BCUT2D eigenvalue weighted by molar-refractivity contribution is 5.93. The third-order valence-electron chi connectivity index (χ3n) is 10.9. The molecular weight excluding hydrogens is 729 g/mol. The van der Waals surface area contributed by atoms with Crippen molar-refractivity contribution in [2.75, 3.05) is 24.6 Å². The lowest BCUT2D eigenvalue weighted by atomic mass is 9.98. The third kappa shape index (κ3) is 11.8. The van der Waals surface area contributed by atoms with Gasteiger partial charge in [-0.15, -0.1) is 0 Å². The molecule has 5 aromatic carbocycles. The molecule has 6 N–H and O–H groups in total. The predicted octanol–water partition coefficient (Wildman–Crippen LogP) is 8.23. The van der Waals surface area contributed by atoms with Crippen LogP contribution in [0, 0.1) is 0 Å². The summed E-state index contributed by atoms with van der Waals surface area (Å²) in [5.41, 5.74) is 13.8. The summed E-state index contributed by atoms with van der Waals surface area (Å²) < 4.78 is 13.2. The molecule has 58 heavy (non-hydrogen) atoms. The summed E-state index contributed by atoms with van der Waals surface area (Å²) in [6.45, 7) is 3.03. The van der Waals surface area contributed by atoms with Crippen LogP contribution in [0.15, 0.2) is 127 Å². The van der Waals surface area contributed by atoms with Gasteiger partial charge in [-0.25, -0.2) is 0 Å². The fourth-order valence-electron chi connectivity index (χ4n) is 7.24. The highest BCUT2D eigenvalue weighted by atomic mass is 16.7. The molecule has 0 saturated carbocycles.